The summed E-state index contributed by atoms with van der Waals surface area (Å²) in [5.74, 6) is 0.000000000000000222. The number of nitrogens with two attached hydrogens (primary N) is 2. The van der Waals surface area contributed by atoms with Crippen LogP contribution >= 0.6 is 0 Å². The van der Waals surface area contributed by atoms with Crippen LogP contribution in [0.25, 0.3) is 0 Å². The van der Waals surface area contributed by atoms with E-state index in [-0.39, 0.29) is 11.9 Å². The van der Waals surface area contributed by atoms with Gasteiger partial charge >= 0.3 is 0 Å². The first-order valence-electron chi connectivity index (χ1n) is 4.72. The Bertz CT molecular complexity index is 375. The lowest BCUT2D eigenvalue weighted by Gasteiger charge is -2.10. The molecule has 0 fully saturated rings. The molecule has 15 heavy (non-hydrogen) atoms. The van der Waals surface area contributed by atoms with Crippen molar-refractivity contribution in [1.29, 1.82) is 10.8 Å². The minimum Gasteiger partial charge on any atom is -0.384 e. The van der Waals surface area contributed by atoms with E-state index in [4.69, 9.17) is 22.3 Å². The fourth-order valence-electron chi connectivity index (χ4n) is 1.29. The highest BCUT2D eigenvalue weighted by Gasteiger charge is 2.07. The Morgan fingerprint density at radius 1 is 1.20 bits per heavy atom. The SMILES string of the molecule is CC(=N)c1cc(C(=N)N)cc(C(C)N)c1. The molecule has 1 atom stereocenters. The average Bonchev–Trinajstić information content (AvgIpc) is 2.16. The van der Waals surface area contributed by atoms with Gasteiger partial charge in [-0.3, -0.25) is 5.41 Å². The molecule has 0 saturated heterocycles. The van der Waals surface area contributed by atoms with Crippen molar-refractivity contribution < 1.29 is 0 Å². The first-order valence-corrected chi connectivity index (χ1v) is 4.72. The zero-order valence-corrected chi connectivity index (χ0v) is 8.96. The van der Waals surface area contributed by atoms with Crippen LogP contribution in [0, 0.1) is 10.8 Å². The quantitative estimate of drug-likeness (QED) is 0.441. The molecule has 0 aromatic heterocycles. The predicted molar refractivity (Wildman–Crippen MR) is 62.6 cm³/mol. The van der Waals surface area contributed by atoms with Crippen LogP contribution < -0.4 is 11.5 Å². The van der Waals surface area contributed by atoms with Crippen LogP contribution in [0.4, 0.5) is 0 Å². The minimum atomic E-state index is -0.123. The van der Waals surface area contributed by atoms with Crippen molar-refractivity contribution in [2.75, 3.05) is 0 Å². The Balaban J connectivity index is 3.32. The number of nitrogens with one attached hydrogen (secondary N) is 2. The third-order valence-electron chi connectivity index (χ3n) is 2.23. The molecule has 0 saturated carbocycles. The lowest BCUT2D eigenvalue weighted by atomic mass is 9.99. The molecule has 80 valence electrons. The van der Waals surface area contributed by atoms with Gasteiger partial charge in [-0.2, -0.15) is 0 Å². The number of hydrogen-bond acceptors (Lipinski definition) is 3. The summed E-state index contributed by atoms with van der Waals surface area (Å²) < 4.78 is 0. The largest absolute Gasteiger partial charge is 0.384 e. The van der Waals surface area contributed by atoms with Gasteiger partial charge in [0.1, 0.15) is 5.84 Å². The summed E-state index contributed by atoms with van der Waals surface area (Å²) in [5.41, 5.74) is 13.9. The monoisotopic (exact) mass is 204 g/mol. The second-order valence-corrected chi connectivity index (χ2v) is 3.67. The fraction of sp³-hybridized carbons (Fsp3) is 0.273. The van der Waals surface area contributed by atoms with Crippen LogP contribution in [0.2, 0.25) is 0 Å². The Kier molecular flexibility index (Phi) is 3.21. The molecule has 0 amide bonds. The van der Waals surface area contributed by atoms with Crippen molar-refractivity contribution in [2.45, 2.75) is 19.9 Å². The van der Waals surface area contributed by atoms with E-state index in [2.05, 4.69) is 0 Å². The zero-order chi connectivity index (χ0) is 11.6. The summed E-state index contributed by atoms with van der Waals surface area (Å²) in [7, 11) is 0. The van der Waals surface area contributed by atoms with Crippen LogP contribution in [0.3, 0.4) is 0 Å². The smallest absolute Gasteiger partial charge is 0.122 e. The van der Waals surface area contributed by atoms with Gasteiger partial charge in [-0.1, -0.05) is 0 Å². The Hall–Kier alpha value is -1.68. The summed E-state index contributed by atoms with van der Waals surface area (Å²) >= 11 is 0. The zero-order valence-electron chi connectivity index (χ0n) is 8.96. The highest BCUT2D eigenvalue weighted by Crippen LogP contribution is 2.15. The number of nitrogen functional groups attached to an aromatic ring is 1. The molecule has 1 aromatic rings. The van der Waals surface area contributed by atoms with Crippen LogP contribution in [0.1, 0.15) is 36.6 Å². The first kappa shape index (κ1) is 11.4. The highest BCUT2D eigenvalue weighted by atomic mass is 14.7. The molecule has 0 spiro atoms. The molecule has 0 bridgehead atoms. The number of benzene rings is 1. The van der Waals surface area contributed by atoms with Gasteiger partial charge in [0, 0.05) is 17.3 Å². The van der Waals surface area contributed by atoms with E-state index < -0.39 is 0 Å². The molecule has 4 nitrogen and oxygen atoms in total. The first-order chi connectivity index (χ1) is 6.91. The standard InChI is InChI=1S/C11H16N4/c1-6(12)8-3-9(7(2)13)5-10(4-8)11(14)15/h3-6,13H,12H2,1-2H3,(H3,14,15). The van der Waals surface area contributed by atoms with E-state index in [1.807, 2.05) is 13.0 Å². The molecular formula is C11H16N4. The van der Waals surface area contributed by atoms with E-state index in [1.165, 1.54) is 0 Å². The van der Waals surface area contributed by atoms with Crippen LogP contribution in [-0.4, -0.2) is 11.5 Å². The fourth-order valence-corrected chi connectivity index (χ4v) is 1.29. The van der Waals surface area contributed by atoms with Gasteiger partial charge in [0.05, 0.1) is 0 Å². The molecule has 0 radical (unpaired) electrons. The maximum absolute atomic E-state index is 7.56. The number of rotatable bonds is 3. The molecule has 0 aliphatic heterocycles. The molecule has 0 aliphatic carbocycles. The van der Waals surface area contributed by atoms with E-state index >= 15 is 0 Å². The molecule has 1 unspecified atom stereocenters. The van der Waals surface area contributed by atoms with Crippen molar-refractivity contribution in [3.8, 4) is 0 Å². The van der Waals surface area contributed by atoms with E-state index in [0.717, 1.165) is 11.1 Å². The van der Waals surface area contributed by atoms with Crippen LogP contribution in [0.15, 0.2) is 18.2 Å². The normalized spacial score (nSPS) is 12.2. The lowest BCUT2D eigenvalue weighted by Crippen LogP contribution is -2.14. The van der Waals surface area contributed by atoms with Crippen molar-refractivity contribution in [3.05, 3.63) is 34.9 Å². The highest BCUT2D eigenvalue weighted by molar-refractivity contribution is 6.01. The van der Waals surface area contributed by atoms with Crippen molar-refractivity contribution in [3.63, 3.8) is 0 Å². The van der Waals surface area contributed by atoms with Gasteiger partial charge < -0.3 is 16.9 Å². The Morgan fingerprint density at radius 2 is 1.73 bits per heavy atom. The predicted octanol–water partition coefficient (Wildman–Crippen LogP) is 1.38. The van der Waals surface area contributed by atoms with Crippen molar-refractivity contribution in [2.24, 2.45) is 11.5 Å². The van der Waals surface area contributed by atoms with Gasteiger partial charge in [0.25, 0.3) is 0 Å². The second-order valence-electron chi connectivity index (χ2n) is 3.67. The molecule has 1 aromatic carbocycles. The third-order valence-corrected chi connectivity index (χ3v) is 2.23. The summed E-state index contributed by atoms with van der Waals surface area (Å²) in [5, 5.41) is 14.9. The van der Waals surface area contributed by atoms with Crippen molar-refractivity contribution >= 4 is 11.5 Å². The summed E-state index contributed by atoms with van der Waals surface area (Å²) in [6.45, 7) is 3.56. The third kappa shape index (κ3) is 2.63. The average molecular weight is 204 g/mol. The summed E-state index contributed by atoms with van der Waals surface area (Å²) in [6, 6.07) is 5.26. The molecule has 6 N–H and O–H groups in total. The molecule has 1 rings (SSSR count). The molecule has 0 aliphatic rings. The topological polar surface area (TPSA) is 99.7 Å². The minimum absolute atomic E-state index is 0.000000000000000222. The lowest BCUT2D eigenvalue weighted by molar-refractivity contribution is 0.817. The molecule has 4 heteroatoms. The number of amidine groups is 1. The maximum Gasteiger partial charge on any atom is 0.122 e. The van der Waals surface area contributed by atoms with E-state index in [9.17, 15) is 0 Å². The maximum atomic E-state index is 7.56. The van der Waals surface area contributed by atoms with Gasteiger partial charge in [0.2, 0.25) is 0 Å². The summed E-state index contributed by atoms with van der Waals surface area (Å²) in [6.07, 6.45) is 0. The van der Waals surface area contributed by atoms with Crippen LogP contribution in [0.5, 0.6) is 0 Å². The Morgan fingerprint density at radius 3 is 2.13 bits per heavy atom. The van der Waals surface area contributed by atoms with Gasteiger partial charge in [0.15, 0.2) is 0 Å². The van der Waals surface area contributed by atoms with Crippen LogP contribution in [-0.2, 0) is 0 Å². The summed E-state index contributed by atoms with van der Waals surface area (Å²) in [4.78, 5) is 0. The molecule has 0 heterocycles. The van der Waals surface area contributed by atoms with Gasteiger partial charge in [-0.05, 0) is 43.2 Å². The second kappa shape index (κ2) is 4.23. The van der Waals surface area contributed by atoms with Gasteiger partial charge in [-0.15, -0.1) is 0 Å². The van der Waals surface area contributed by atoms with E-state index in [1.54, 1.807) is 19.1 Å². The van der Waals surface area contributed by atoms with Gasteiger partial charge in [-0.25, -0.2) is 0 Å². The van der Waals surface area contributed by atoms with Crippen molar-refractivity contribution in [1.82, 2.24) is 0 Å². The Labute approximate surface area is 89.3 Å². The molecular weight excluding hydrogens is 188 g/mol. The number of hydrogen-bond donors (Lipinski definition) is 4. The van der Waals surface area contributed by atoms with E-state index in [0.29, 0.717) is 11.3 Å².